The number of halogens is 1. The van der Waals surface area contributed by atoms with E-state index < -0.39 is 0 Å². The molecule has 1 unspecified atom stereocenters. The highest BCUT2D eigenvalue weighted by Crippen LogP contribution is 2.10. The van der Waals surface area contributed by atoms with E-state index in [2.05, 4.69) is 15.6 Å². The van der Waals surface area contributed by atoms with Crippen LogP contribution in [-0.2, 0) is 11.3 Å². The zero-order valence-electron chi connectivity index (χ0n) is 12.1. The Morgan fingerprint density at radius 1 is 1.45 bits per heavy atom. The van der Waals surface area contributed by atoms with Crippen molar-refractivity contribution in [1.29, 1.82) is 0 Å². The van der Waals surface area contributed by atoms with Gasteiger partial charge in [0, 0.05) is 26.7 Å². The molecular weight excluding hydrogens is 257 g/mol. The van der Waals surface area contributed by atoms with E-state index in [1.165, 1.54) is 6.07 Å². The molecule has 20 heavy (non-hydrogen) atoms. The number of benzene rings is 1. The molecule has 110 valence electrons. The molecule has 1 fully saturated rings. The summed E-state index contributed by atoms with van der Waals surface area (Å²) in [6, 6.07) is 5.12. The molecule has 0 aromatic heterocycles. The monoisotopic (exact) mass is 279 g/mol. The van der Waals surface area contributed by atoms with E-state index in [4.69, 9.17) is 4.74 Å². The van der Waals surface area contributed by atoms with Crippen molar-refractivity contribution in [3.63, 3.8) is 0 Å². The van der Waals surface area contributed by atoms with Gasteiger partial charge in [0.25, 0.3) is 0 Å². The average Bonchev–Trinajstić information content (AvgIpc) is 2.96. The Balaban J connectivity index is 1.79. The van der Waals surface area contributed by atoms with Gasteiger partial charge in [-0.05, 0) is 37.0 Å². The second-order valence-corrected chi connectivity index (χ2v) is 5.03. The van der Waals surface area contributed by atoms with Crippen molar-refractivity contribution in [3.8, 4) is 0 Å². The number of hydrogen-bond donors (Lipinski definition) is 2. The summed E-state index contributed by atoms with van der Waals surface area (Å²) >= 11 is 0. The van der Waals surface area contributed by atoms with E-state index in [0.717, 1.165) is 37.5 Å². The van der Waals surface area contributed by atoms with E-state index in [9.17, 15) is 4.39 Å². The minimum absolute atomic E-state index is 0.172. The summed E-state index contributed by atoms with van der Waals surface area (Å²) in [7, 11) is 1.74. The molecule has 0 saturated carbocycles. The predicted molar refractivity (Wildman–Crippen MR) is 78.3 cm³/mol. The van der Waals surface area contributed by atoms with Crippen molar-refractivity contribution in [2.75, 3.05) is 20.2 Å². The maximum absolute atomic E-state index is 13.2. The third kappa shape index (κ3) is 4.20. The predicted octanol–water partition coefficient (Wildman–Crippen LogP) is 1.98. The molecule has 0 aliphatic carbocycles. The van der Waals surface area contributed by atoms with Crippen LogP contribution in [0.4, 0.5) is 4.39 Å². The van der Waals surface area contributed by atoms with E-state index in [1.807, 2.05) is 6.07 Å². The van der Waals surface area contributed by atoms with E-state index in [1.54, 1.807) is 20.0 Å². The fourth-order valence-electron chi connectivity index (χ4n) is 2.24. The summed E-state index contributed by atoms with van der Waals surface area (Å²) in [4.78, 5) is 4.17. The van der Waals surface area contributed by atoms with Gasteiger partial charge in [0.15, 0.2) is 5.96 Å². The summed E-state index contributed by atoms with van der Waals surface area (Å²) in [6.45, 7) is 4.00. The fourth-order valence-corrected chi connectivity index (χ4v) is 2.24. The first-order valence-corrected chi connectivity index (χ1v) is 7.00. The second kappa shape index (κ2) is 7.24. The molecule has 1 atom stereocenters. The summed E-state index contributed by atoms with van der Waals surface area (Å²) in [5.74, 6) is 0.567. The first-order valence-electron chi connectivity index (χ1n) is 7.00. The van der Waals surface area contributed by atoms with Crippen LogP contribution in [0, 0.1) is 12.7 Å². The lowest BCUT2D eigenvalue weighted by atomic mass is 10.1. The van der Waals surface area contributed by atoms with Crippen LogP contribution in [0.5, 0.6) is 0 Å². The lowest BCUT2D eigenvalue weighted by Crippen LogP contribution is -2.40. The molecular formula is C15H22FN3O. The number of nitrogens with zero attached hydrogens (tertiary/aromatic N) is 1. The number of ether oxygens (including phenoxy) is 1. The van der Waals surface area contributed by atoms with Crippen molar-refractivity contribution in [3.05, 3.63) is 35.1 Å². The molecule has 0 radical (unpaired) electrons. The molecule has 1 aliphatic heterocycles. The van der Waals surface area contributed by atoms with Gasteiger partial charge in [-0.25, -0.2) is 4.39 Å². The van der Waals surface area contributed by atoms with E-state index >= 15 is 0 Å². The van der Waals surface area contributed by atoms with Gasteiger partial charge in [0.05, 0.1) is 6.10 Å². The fraction of sp³-hybridized carbons (Fsp3) is 0.533. The third-order valence-corrected chi connectivity index (χ3v) is 3.43. The van der Waals surface area contributed by atoms with Crippen LogP contribution in [0.15, 0.2) is 23.2 Å². The van der Waals surface area contributed by atoms with Crippen LogP contribution in [0.3, 0.4) is 0 Å². The van der Waals surface area contributed by atoms with Gasteiger partial charge in [-0.1, -0.05) is 12.1 Å². The first-order chi connectivity index (χ1) is 9.69. The number of guanidine groups is 1. The molecule has 1 saturated heterocycles. The quantitative estimate of drug-likeness (QED) is 0.654. The standard InChI is InChI=1S/C15H22FN3O/c1-11-8-12(5-6-14(11)16)9-18-15(17-2)19-10-13-4-3-7-20-13/h5-6,8,13H,3-4,7,9-10H2,1-2H3,(H2,17,18,19). The molecule has 4 nitrogen and oxygen atoms in total. The van der Waals surface area contributed by atoms with Crippen molar-refractivity contribution < 1.29 is 9.13 Å². The highest BCUT2D eigenvalue weighted by molar-refractivity contribution is 5.79. The van der Waals surface area contributed by atoms with Gasteiger partial charge in [-0.15, -0.1) is 0 Å². The highest BCUT2D eigenvalue weighted by Gasteiger charge is 2.15. The zero-order chi connectivity index (χ0) is 14.4. The van der Waals surface area contributed by atoms with Gasteiger partial charge in [0.2, 0.25) is 0 Å². The molecule has 0 amide bonds. The normalized spacial score (nSPS) is 19.1. The Morgan fingerprint density at radius 2 is 2.30 bits per heavy atom. The molecule has 1 aliphatic rings. The summed E-state index contributed by atoms with van der Waals surface area (Å²) < 4.78 is 18.7. The van der Waals surface area contributed by atoms with Gasteiger partial charge in [-0.2, -0.15) is 0 Å². The van der Waals surface area contributed by atoms with Crippen LogP contribution in [0.25, 0.3) is 0 Å². The summed E-state index contributed by atoms with van der Waals surface area (Å²) in [5, 5.41) is 6.46. The molecule has 0 bridgehead atoms. The molecule has 2 rings (SSSR count). The van der Waals surface area contributed by atoms with Gasteiger partial charge in [0.1, 0.15) is 5.82 Å². The van der Waals surface area contributed by atoms with Crippen LogP contribution < -0.4 is 10.6 Å². The summed E-state index contributed by atoms with van der Waals surface area (Å²) in [6.07, 6.45) is 2.51. The lowest BCUT2D eigenvalue weighted by Gasteiger charge is -2.15. The molecule has 1 aromatic carbocycles. The number of aryl methyl sites for hydroxylation is 1. The molecule has 5 heteroatoms. The van der Waals surface area contributed by atoms with Crippen molar-refractivity contribution in [1.82, 2.24) is 10.6 Å². The molecule has 1 aromatic rings. The van der Waals surface area contributed by atoms with Crippen LogP contribution in [0.2, 0.25) is 0 Å². The van der Waals surface area contributed by atoms with Crippen molar-refractivity contribution in [2.24, 2.45) is 4.99 Å². The Morgan fingerprint density at radius 3 is 2.95 bits per heavy atom. The van der Waals surface area contributed by atoms with Gasteiger partial charge < -0.3 is 15.4 Å². The molecule has 2 N–H and O–H groups in total. The van der Waals surface area contributed by atoms with E-state index in [0.29, 0.717) is 12.1 Å². The molecule has 0 spiro atoms. The maximum atomic E-state index is 13.2. The lowest BCUT2D eigenvalue weighted by molar-refractivity contribution is 0.114. The topological polar surface area (TPSA) is 45.7 Å². The molecule has 1 heterocycles. The number of hydrogen-bond acceptors (Lipinski definition) is 2. The minimum Gasteiger partial charge on any atom is -0.376 e. The van der Waals surface area contributed by atoms with Crippen LogP contribution in [0.1, 0.15) is 24.0 Å². The Hall–Kier alpha value is -1.62. The van der Waals surface area contributed by atoms with Crippen LogP contribution in [-0.4, -0.2) is 32.3 Å². The Kier molecular flexibility index (Phi) is 5.35. The zero-order valence-corrected chi connectivity index (χ0v) is 12.1. The van der Waals surface area contributed by atoms with Crippen molar-refractivity contribution >= 4 is 5.96 Å². The number of aliphatic imine (C=N–C) groups is 1. The SMILES string of the molecule is CN=C(NCc1ccc(F)c(C)c1)NCC1CCCO1. The number of rotatable bonds is 4. The Labute approximate surface area is 119 Å². The minimum atomic E-state index is -0.172. The Bertz CT molecular complexity index is 470. The van der Waals surface area contributed by atoms with Gasteiger partial charge in [-0.3, -0.25) is 4.99 Å². The smallest absolute Gasteiger partial charge is 0.191 e. The highest BCUT2D eigenvalue weighted by atomic mass is 19.1. The first kappa shape index (κ1) is 14.8. The van der Waals surface area contributed by atoms with Crippen molar-refractivity contribution in [2.45, 2.75) is 32.4 Å². The second-order valence-electron chi connectivity index (χ2n) is 5.03. The maximum Gasteiger partial charge on any atom is 0.191 e. The summed E-state index contributed by atoms with van der Waals surface area (Å²) in [5.41, 5.74) is 1.69. The average molecular weight is 279 g/mol. The van der Waals surface area contributed by atoms with Crippen LogP contribution >= 0.6 is 0 Å². The van der Waals surface area contributed by atoms with E-state index in [-0.39, 0.29) is 11.9 Å². The van der Waals surface area contributed by atoms with Gasteiger partial charge >= 0.3 is 0 Å². The number of nitrogens with one attached hydrogen (secondary N) is 2. The largest absolute Gasteiger partial charge is 0.376 e. The third-order valence-electron chi connectivity index (χ3n) is 3.43.